The molecule has 1 aromatic carbocycles. The van der Waals surface area contributed by atoms with Gasteiger partial charge >= 0.3 is 0 Å². The lowest BCUT2D eigenvalue weighted by molar-refractivity contribution is 0.162. The molecule has 3 rings (SSSR count). The van der Waals surface area contributed by atoms with Crippen LogP contribution < -0.4 is 14.8 Å². The third-order valence-corrected chi connectivity index (χ3v) is 3.69. The van der Waals surface area contributed by atoms with Crippen molar-refractivity contribution in [3.8, 4) is 11.5 Å². The van der Waals surface area contributed by atoms with Crippen LogP contribution in [0.3, 0.4) is 0 Å². The second kappa shape index (κ2) is 5.14. The molecule has 0 aliphatic carbocycles. The van der Waals surface area contributed by atoms with Crippen molar-refractivity contribution < 1.29 is 13.9 Å². The van der Waals surface area contributed by atoms with E-state index in [2.05, 4.69) is 5.32 Å². The van der Waals surface area contributed by atoms with Crippen LogP contribution in [-0.2, 0) is 6.42 Å². The van der Waals surface area contributed by atoms with Gasteiger partial charge in [-0.05, 0) is 49.9 Å². The van der Waals surface area contributed by atoms with Gasteiger partial charge in [-0.25, -0.2) is 4.39 Å². The second-order valence-electron chi connectivity index (χ2n) is 4.96. The van der Waals surface area contributed by atoms with Crippen LogP contribution in [0.4, 0.5) is 4.39 Å². The van der Waals surface area contributed by atoms with Crippen molar-refractivity contribution in [1.29, 1.82) is 0 Å². The molecule has 2 heterocycles. The van der Waals surface area contributed by atoms with Gasteiger partial charge in [0.1, 0.15) is 13.2 Å². The Morgan fingerprint density at radius 2 is 1.83 bits per heavy atom. The molecule has 1 saturated heterocycles. The van der Waals surface area contributed by atoms with E-state index in [0.717, 1.165) is 25.1 Å². The van der Waals surface area contributed by atoms with Gasteiger partial charge in [0, 0.05) is 0 Å². The molecule has 0 bridgehead atoms. The number of fused-ring (bicyclic) bond motifs is 1. The van der Waals surface area contributed by atoms with E-state index in [0.29, 0.717) is 30.6 Å². The first-order valence-electron chi connectivity index (χ1n) is 6.62. The number of rotatable bonds is 2. The van der Waals surface area contributed by atoms with Crippen LogP contribution in [0.1, 0.15) is 18.4 Å². The number of hydrogen-bond acceptors (Lipinski definition) is 3. The highest BCUT2D eigenvalue weighted by Gasteiger charge is 2.23. The molecular formula is C14H18FNO2. The van der Waals surface area contributed by atoms with Crippen LogP contribution in [-0.4, -0.2) is 26.3 Å². The maximum Gasteiger partial charge on any atom is 0.197 e. The fourth-order valence-electron chi connectivity index (χ4n) is 2.72. The van der Waals surface area contributed by atoms with Gasteiger partial charge in [0.15, 0.2) is 17.3 Å². The highest BCUT2D eigenvalue weighted by molar-refractivity contribution is 5.48. The lowest BCUT2D eigenvalue weighted by Gasteiger charge is -2.26. The summed E-state index contributed by atoms with van der Waals surface area (Å²) in [5, 5.41) is 3.36. The summed E-state index contributed by atoms with van der Waals surface area (Å²) >= 11 is 0. The Hall–Kier alpha value is -1.29. The van der Waals surface area contributed by atoms with Crippen LogP contribution in [0.2, 0.25) is 0 Å². The molecule has 2 aliphatic rings. The largest absolute Gasteiger partial charge is 0.486 e. The molecule has 1 N–H and O–H groups in total. The minimum atomic E-state index is -0.321. The van der Waals surface area contributed by atoms with Gasteiger partial charge in [-0.3, -0.25) is 0 Å². The van der Waals surface area contributed by atoms with E-state index < -0.39 is 0 Å². The zero-order valence-corrected chi connectivity index (χ0v) is 10.4. The fraction of sp³-hybridized carbons (Fsp3) is 0.571. The number of benzene rings is 1. The van der Waals surface area contributed by atoms with E-state index in [4.69, 9.17) is 9.47 Å². The minimum absolute atomic E-state index is 0.299. The third kappa shape index (κ3) is 2.29. The Morgan fingerprint density at radius 1 is 1.11 bits per heavy atom. The zero-order chi connectivity index (χ0) is 12.4. The first-order valence-corrected chi connectivity index (χ1v) is 6.62. The minimum Gasteiger partial charge on any atom is -0.486 e. The molecule has 0 amide bonds. The number of hydrogen-bond donors (Lipinski definition) is 1. The first kappa shape index (κ1) is 11.8. The monoisotopic (exact) mass is 251 g/mol. The second-order valence-corrected chi connectivity index (χ2v) is 4.96. The Kier molecular flexibility index (Phi) is 3.37. The Morgan fingerprint density at radius 3 is 2.61 bits per heavy atom. The molecule has 0 atom stereocenters. The van der Waals surface area contributed by atoms with Crippen molar-refractivity contribution >= 4 is 0 Å². The quantitative estimate of drug-likeness (QED) is 0.873. The van der Waals surface area contributed by atoms with Crippen LogP contribution in [0, 0.1) is 11.7 Å². The highest BCUT2D eigenvalue weighted by atomic mass is 19.1. The molecule has 1 aromatic rings. The maximum absolute atomic E-state index is 13.6. The first-order chi connectivity index (χ1) is 8.84. The highest BCUT2D eigenvalue weighted by Crippen LogP contribution is 2.38. The van der Waals surface area contributed by atoms with Gasteiger partial charge in [-0.15, -0.1) is 0 Å². The van der Waals surface area contributed by atoms with Crippen molar-refractivity contribution in [1.82, 2.24) is 5.32 Å². The topological polar surface area (TPSA) is 30.5 Å². The van der Waals surface area contributed by atoms with E-state index in [9.17, 15) is 4.39 Å². The number of ether oxygens (including phenoxy) is 2. The SMILES string of the molecule is Fc1ccc(CC2CCNCC2)c2c1OCCO2. The predicted octanol–water partition coefficient (Wildman–Crippen LogP) is 2.14. The number of piperidine rings is 1. The van der Waals surface area contributed by atoms with Gasteiger partial charge in [-0.2, -0.15) is 0 Å². The summed E-state index contributed by atoms with van der Waals surface area (Å²) in [5.41, 5.74) is 1.08. The molecule has 0 unspecified atom stereocenters. The molecule has 2 aliphatic heterocycles. The molecule has 0 aromatic heterocycles. The van der Waals surface area contributed by atoms with E-state index in [1.807, 2.05) is 6.07 Å². The average Bonchev–Trinajstić information content (AvgIpc) is 2.44. The zero-order valence-electron chi connectivity index (χ0n) is 10.4. The summed E-state index contributed by atoms with van der Waals surface area (Å²) in [6.45, 7) is 3.09. The molecule has 98 valence electrons. The average molecular weight is 251 g/mol. The van der Waals surface area contributed by atoms with E-state index in [-0.39, 0.29) is 5.82 Å². The normalized spacial score (nSPS) is 19.8. The number of nitrogens with one attached hydrogen (secondary N) is 1. The van der Waals surface area contributed by atoms with Gasteiger partial charge in [0.25, 0.3) is 0 Å². The summed E-state index contributed by atoms with van der Waals surface area (Å²) in [5.74, 6) is 1.26. The summed E-state index contributed by atoms with van der Waals surface area (Å²) in [7, 11) is 0. The maximum atomic E-state index is 13.6. The van der Waals surface area contributed by atoms with Crippen LogP contribution >= 0.6 is 0 Å². The molecule has 0 radical (unpaired) electrons. The van der Waals surface area contributed by atoms with Crippen LogP contribution in [0.25, 0.3) is 0 Å². The van der Waals surface area contributed by atoms with Crippen molar-refractivity contribution in [2.75, 3.05) is 26.3 Å². The van der Waals surface area contributed by atoms with Gasteiger partial charge in [-0.1, -0.05) is 6.07 Å². The summed E-state index contributed by atoms with van der Waals surface area (Å²) in [4.78, 5) is 0. The summed E-state index contributed by atoms with van der Waals surface area (Å²) < 4.78 is 24.6. The standard InChI is InChI=1S/C14H18FNO2/c15-12-2-1-11(9-10-3-5-16-6-4-10)13-14(12)18-8-7-17-13/h1-2,10,16H,3-9H2. The van der Waals surface area contributed by atoms with Crippen LogP contribution in [0.15, 0.2) is 12.1 Å². The molecule has 0 saturated carbocycles. The molecule has 18 heavy (non-hydrogen) atoms. The van der Waals surface area contributed by atoms with Crippen molar-refractivity contribution in [2.24, 2.45) is 5.92 Å². The Bertz CT molecular complexity index is 430. The summed E-state index contributed by atoms with van der Waals surface area (Å²) in [6, 6.07) is 3.33. The Labute approximate surface area is 106 Å². The van der Waals surface area contributed by atoms with E-state index in [1.165, 1.54) is 18.9 Å². The molecule has 4 heteroatoms. The molecule has 0 spiro atoms. The van der Waals surface area contributed by atoms with Crippen molar-refractivity contribution in [3.05, 3.63) is 23.5 Å². The lowest BCUT2D eigenvalue weighted by Crippen LogP contribution is -2.29. The van der Waals surface area contributed by atoms with Gasteiger partial charge < -0.3 is 14.8 Å². The molecular weight excluding hydrogens is 233 g/mol. The smallest absolute Gasteiger partial charge is 0.197 e. The van der Waals surface area contributed by atoms with E-state index >= 15 is 0 Å². The predicted molar refractivity (Wildman–Crippen MR) is 66.7 cm³/mol. The number of halogens is 1. The summed E-state index contributed by atoms with van der Waals surface area (Å²) in [6.07, 6.45) is 3.30. The van der Waals surface area contributed by atoms with Crippen LogP contribution in [0.5, 0.6) is 11.5 Å². The van der Waals surface area contributed by atoms with Gasteiger partial charge in [0.2, 0.25) is 0 Å². The third-order valence-electron chi connectivity index (χ3n) is 3.69. The van der Waals surface area contributed by atoms with Crippen molar-refractivity contribution in [3.63, 3.8) is 0 Å². The fourth-order valence-corrected chi connectivity index (χ4v) is 2.72. The van der Waals surface area contributed by atoms with E-state index in [1.54, 1.807) is 0 Å². The molecule has 1 fully saturated rings. The lowest BCUT2D eigenvalue weighted by atomic mass is 9.90. The van der Waals surface area contributed by atoms with Gasteiger partial charge in [0.05, 0.1) is 0 Å². The Balaban J connectivity index is 1.82. The van der Waals surface area contributed by atoms with Crippen molar-refractivity contribution in [2.45, 2.75) is 19.3 Å². The molecule has 3 nitrogen and oxygen atoms in total.